The first-order valence-corrected chi connectivity index (χ1v) is 7.63. The number of piperidine rings is 1. The molecule has 1 amide bonds. The summed E-state index contributed by atoms with van der Waals surface area (Å²) >= 11 is 0. The predicted molar refractivity (Wildman–Crippen MR) is 84.5 cm³/mol. The second-order valence-corrected chi connectivity index (χ2v) is 5.95. The van der Waals surface area contributed by atoms with Crippen LogP contribution in [0, 0.1) is 6.92 Å². The fourth-order valence-corrected chi connectivity index (χ4v) is 3.15. The van der Waals surface area contributed by atoms with E-state index in [0.717, 1.165) is 36.9 Å². The van der Waals surface area contributed by atoms with Crippen molar-refractivity contribution >= 4 is 11.6 Å². The molecular weight excluding hydrogens is 248 g/mol. The summed E-state index contributed by atoms with van der Waals surface area (Å²) in [6, 6.07) is 6.46. The molecule has 0 aromatic heterocycles. The van der Waals surface area contributed by atoms with E-state index in [-0.39, 0.29) is 5.91 Å². The van der Waals surface area contributed by atoms with Gasteiger partial charge < -0.3 is 9.80 Å². The number of hydrogen-bond acceptors (Lipinski definition) is 2. The predicted octanol–water partition coefficient (Wildman–Crippen LogP) is 3.47. The molecule has 1 aromatic carbocycles. The fourth-order valence-electron chi connectivity index (χ4n) is 3.15. The third-order valence-electron chi connectivity index (χ3n) is 4.28. The number of carbonyl (C=O) groups excluding carboxylic acids is 1. The Morgan fingerprint density at radius 3 is 2.70 bits per heavy atom. The zero-order valence-corrected chi connectivity index (χ0v) is 13.1. The van der Waals surface area contributed by atoms with E-state index in [2.05, 4.69) is 23.6 Å². The molecule has 3 nitrogen and oxygen atoms in total. The molecule has 0 N–H and O–H groups in total. The van der Waals surface area contributed by atoms with E-state index in [1.165, 1.54) is 12.1 Å². The second kappa shape index (κ2) is 6.29. The summed E-state index contributed by atoms with van der Waals surface area (Å²) < 4.78 is 0. The molecule has 1 unspecified atom stereocenters. The number of nitrogens with zero attached hydrogens (tertiary/aromatic N) is 2. The summed E-state index contributed by atoms with van der Waals surface area (Å²) in [5.74, 6) is 0.199. The SMILES string of the molecule is CCC1CCCCN1C(=O)c1ccc(N(C)C)c(C)c1. The van der Waals surface area contributed by atoms with Crippen molar-refractivity contribution in [1.82, 2.24) is 4.90 Å². The van der Waals surface area contributed by atoms with Crippen LogP contribution in [0.3, 0.4) is 0 Å². The molecule has 3 heteroatoms. The number of anilines is 1. The maximum Gasteiger partial charge on any atom is 0.254 e. The molecule has 0 spiro atoms. The Labute approximate surface area is 122 Å². The maximum atomic E-state index is 12.7. The zero-order valence-electron chi connectivity index (χ0n) is 13.1. The zero-order chi connectivity index (χ0) is 14.7. The van der Waals surface area contributed by atoms with E-state index in [0.29, 0.717) is 6.04 Å². The van der Waals surface area contributed by atoms with Crippen molar-refractivity contribution in [3.05, 3.63) is 29.3 Å². The van der Waals surface area contributed by atoms with Crippen molar-refractivity contribution in [3.8, 4) is 0 Å². The number of hydrogen-bond donors (Lipinski definition) is 0. The van der Waals surface area contributed by atoms with Crippen molar-refractivity contribution in [3.63, 3.8) is 0 Å². The van der Waals surface area contributed by atoms with Gasteiger partial charge in [-0.3, -0.25) is 4.79 Å². The van der Waals surface area contributed by atoms with E-state index < -0.39 is 0 Å². The van der Waals surface area contributed by atoms with Gasteiger partial charge in [0.05, 0.1) is 0 Å². The molecule has 1 heterocycles. The Morgan fingerprint density at radius 1 is 1.35 bits per heavy atom. The van der Waals surface area contributed by atoms with Crippen LogP contribution in [0.5, 0.6) is 0 Å². The molecule has 2 rings (SSSR count). The molecule has 20 heavy (non-hydrogen) atoms. The summed E-state index contributed by atoms with van der Waals surface area (Å²) in [6.07, 6.45) is 4.59. The van der Waals surface area contributed by atoms with Crippen molar-refractivity contribution in [2.24, 2.45) is 0 Å². The number of likely N-dealkylation sites (tertiary alicyclic amines) is 1. The number of aryl methyl sites for hydroxylation is 1. The first-order chi connectivity index (χ1) is 9.54. The topological polar surface area (TPSA) is 23.6 Å². The molecule has 0 bridgehead atoms. The molecule has 1 aliphatic rings. The average molecular weight is 274 g/mol. The highest BCUT2D eigenvalue weighted by Gasteiger charge is 2.26. The highest BCUT2D eigenvalue weighted by Crippen LogP contribution is 2.24. The van der Waals surface area contributed by atoms with Gasteiger partial charge in [-0.15, -0.1) is 0 Å². The van der Waals surface area contributed by atoms with Crippen molar-refractivity contribution in [2.45, 2.75) is 45.6 Å². The molecule has 1 saturated heterocycles. The highest BCUT2D eigenvalue weighted by atomic mass is 16.2. The number of amides is 1. The van der Waals surface area contributed by atoms with E-state index in [4.69, 9.17) is 0 Å². The van der Waals surface area contributed by atoms with Gasteiger partial charge in [-0.1, -0.05) is 6.92 Å². The lowest BCUT2D eigenvalue weighted by Crippen LogP contribution is -2.43. The molecular formula is C17H26N2O. The standard InChI is InChI=1S/C17H26N2O/c1-5-15-8-6-7-11-19(15)17(20)14-9-10-16(18(3)4)13(2)12-14/h9-10,12,15H,5-8,11H2,1-4H3. The summed E-state index contributed by atoms with van der Waals surface area (Å²) in [6.45, 7) is 5.15. The van der Waals surface area contributed by atoms with Crippen LogP contribution in [0.2, 0.25) is 0 Å². The molecule has 1 fully saturated rings. The Hall–Kier alpha value is -1.51. The molecule has 0 radical (unpaired) electrons. The van der Waals surface area contributed by atoms with E-state index in [1.807, 2.05) is 32.3 Å². The van der Waals surface area contributed by atoms with Crippen molar-refractivity contribution in [1.29, 1.82) is 0 Å². The quantitative estimate of drug-likeness (QED) is 0.842. The van der Waals surface area contributed by atoms with Gasteiger partial charge >= 0.3 is 0 Å². The normalized spacial score (nSPS) is 19.0. The third-order valence-corrected chi connectivity index (χ3v) is 4.28. The van der Waals surface area contributed by atoms with Gasteiger partial charge in [0.15, 0.2) is 0 Å². The monoisotopic (exact) mass is 274 g/mol. The Morgan fingerprint density at radius 2 is 2.10 bits per heavy atom. The van der Waals surface area contributed by atoms with Crippen LogP contribution in [-0.4, -0.2) is 37.5 Å². The molecule has 0 aliphatic carbocycles. The molecule has 110 valence electrons. The van der Waals surface area contributed by atoms with Gasteiger partial charge in [0.1, 0.15) is 0 Å². The summed E-state index contributed by atoms with van der Waals surface area (Å²) in [5.41, 5.74) is 3.16. The number of carbonyl (C=O) groups is 1. The molecule has 1 aliphatic heterocycles. The van der Waals surface area contributed by atoms with Crippen LogP contribution < -0.4 is 4.90 Å². The van der Waals surface area contributed by atoms with Gasteiger partial charge in [0.25, 0.3) is 5.91 Å². The largest absolute Gasteiger partial charge is 0.377 e. The van der Waals surface area contributed by atoms with Crippen LogP contribution in [0.25, 0.3) is 0 Å². The Kier molecular flexibility index (Phi) is 4.69. The summed E-state index contributed by atoms with van der Waals surface area (Å²) in [7, 11) is 4.06. The van der Waals surface area contributed by atoms with Crippen LogP contribution in [0.1, 0.15) is 48.5 Å². The summed E-state index contributed by atoms with van der Waals surface area (Å²) in [5, 5.41) is 0. The summed E-state index contributed by atoms with van der Waals surface area (Å²) in [4.78, 5) is 16.9. The first kappa shape index (κ1) is 14.9. The lowest BCUT2D eigenvalue weighted by Gasteiger charge is -2.35. The lowest BCUT2D eigenvalue weighted by atomic mass is 9.98. The van der Waals surface area contributed by atoms with E-state index in [9.17, 15) is 4.79 Å². The molecule has 1 atom stereocenters. The lowest BCUT2D eigenvalue weighted by molar-refractivity contribution is 0.0608. The van der Waals surface area contributed by atoms with E-state index >= 15 is 0 Å². The van der Waals surface area contributed by atoms with Crippen LogP contribution in [-0.2, 0) is 0 Å². The van der Waals surface area contributed by atoms with Crippen LogP contribution in [0.4, 0.5) is 5.69 Å². The van der Waals surface area contributed by atoms with Crippen LogP contribution >= 0.6 is 0 Å². The minimum Gasteiger partial charge on any atom is -0.377 e. The van der Waals surface area contributed by atoms with Gasteiger partial charge in [-0.25, -0.2) is 0 Å². The number of benzene rings is 1. The van der Waals surface area contributed by atoms with Gasteiger partial charge in [-0.05, 0) is 56.4 Å². The highest BCUT2D eigenvalue weighted by molar-refractivity contribution is 5.95. The Bertz CT molecular complexity index is 482. The van der Waals surface area contributed by atoms with Gasteiger partial charge in [0, 0.05) is 37.9 Å². The minimum absolute atomic E-state index is 0.199. The first-order valence-electron chi connectivity index (χ1n) is 7.63. The van der Waals surface area contributed by atoms with Gasteiger partial charge in [-0.2, -0.15) is 0 Å². The van der Waals surface area contributed by atoms with Crippen molar-refractivity contribution < 1.29 is 4.79 Å². The van der Waals surface area contributed by atoms with Gasteiger partial charge in [0.2, 0.25) is 0 Å². The van der Waals surface area contributed by atoms with E-state index in [1.54, 1.807) is 0 Å². The molecule has 0 saturated carbocycles. The number of rotatable bonds is 3. The smallest absolute Gasteiger partial charge is 0.254 e. The minimum atomic E-state index is 0.199. The van der Waals surface area contributed by atoms with Crippen molar-refractivity contribution in [2.75, 3.05) is 25.5 Å². The molecule has 1 aromatic rings. The van der Waals surface area contributed by atoms with Crippen LogP contribution in [0.15, 0.2) is 18.2 Å². The Balaban J connectivity index is 2.22. The second-order valence-electron chi connectivity index (χ2n) is 5.95. The fraction of sp³-hybridized carbons (Fsp3) is 0.588. The third kappa shape index (κ3) is 2.97. The average Bonchev–Trinajstić information content (AvgIpc) is 2.45. The maximum absolute atomic E-state index is 12.7.